The Bertz CT molecular complexity index is 325. The molecule has 2 rings (SSSR count). The Labute approximate surface area is 121 Å². The fraction of sp³-hybridized carbons (Fsp3) is 0.625. The van der Waals surface area contributed by atoms with Gasteiger partial charge in [-0.05, 0) is 42.4 Å². The van der Waals surface area contributed by atoms with Crippen LogP contribution in [0.1, 0.15) is 51.4 Å². The second-order valence-corrected chi connectivity index (χ2v) is 6.91. The molecular weight excluding hydrogens is 260 g/mol. The summed E-state index contributed by atoms with van der Waals surface area (Å²) in [5, 5.41) is 0.833. The summed E-state index contributed by atoms with van der Waals surface area (Å²) in [5.74, 6) is 2.23. The van der Waals surface area contributed by atoms with Crippen LogP contribution in [-0.4, -0.2) is 5.75 Å². The summed E-state index contributed by atoms with van der Waals surface area (Å²) in [5.41, 5.74) is 0. The molecule has 0 radical (unpaired) electrons. The first kappa shape index (κ1) is 14.3. The van der Waals surface area contributed by atoms with Gasteiger partial charge in [0.05, 0.1) is 0 Å². The van der Waals surface area contributed by atoms with E-state index in [1.54, 1.807) is 0 Å². The van der Waals surface area contributed by atoms with Crippen molar-refractivity contribution in [1.82, 2.24) is 0 Å². The lowest BCUT2D eigenvalue weighted by atomic mass is 9.89. The Balaban J connectivity index is 1.68. The third kappa shape index (κ3) is 5.24. The summed E-state index contributed by atoms with van der Waals surface area (Å²) in [7, 11) is 0. The normalized spacial score (nSPS) is 18.3. The molecule has 0 atom stereocenters. The minimum absolute atomic E-state index is 0.833. The number of hydrogen-bond acceptors (Lipinski definition) is 1. The van der Waals surface area contributed by atoms with Crippen LogP contribution >= 0.6 is 23.4 Å². The van der Waals surface area contributed by atoms with Crippen LogP contribution in [0.2, 0.25) is 5.02 Å². The van der Waals surface area contributed by atoms with Crippen LogP contribution in [0.3, 0.4) is 0 Å². The molecule has 0 saturated heterocycles. The van der Waals surface area contributed by atoms with Gasteiger partial charge in [-0.25, -0.2) is 0 Å². The molecule has 0 aliphatic heterocycles. The summed E-state index contributed by atoms with van der Waals surface area (Å²) in [6, 6.07) is 8.23. The Morgan fingerprint density at radius 1 is 0.944 bits per heavy atom. The van der Waals surface area contributed by atoms with E-state index in [2.05, 4.69) is 12.1 Å². The highest BCUT2D eigenvalue weighted by atomic mass is 35.5. The molecule has 0 amide bonds. The van der Waals surface area contributed by atoms with Gasteiger partial charge >= 0.3 is 0 Å². The summed E-state index contributed by atoms with van der Waals surface area (Å²) < 4.78 is 0. The summed E-state index contributed by atoms with van der Waals surface area (Å²) in [4.78, 5) is 1.35. The molecule has 18 heavy (non-hydrogen) atoms. The van der Waals surface area contributed by atoms with Gasteiger partial charge in [-0.1, -0.05) is 56.5 Å². The van der Waals surface area contributed by atoms with E-state index in [0.29, 0.717) is 0 Å². The maximum atomic E-state index is 5.89. The van der Waals surface area contributed by atoms with Gasteiger partial charge in [-0.15, -0.1) is 11.8 Å². The van der Waals surface area contributed by atoms with Crippen molar-refractivity contribution in [1.29, 1.82) is 0 Å². The molecule has 0 unspecified atom stereocenters. The van der Waals surface area contributed by atoms with E-state index in [1.807, 2.05) is 23.9 Å². The first-order valence-corrected chi connectivity index (χ1v) is 8.59. The molecule has 1 aromatic rings. The van der Waals surface area contributed by atoms with Crippen molar-refractivity contribution in [2.24, 2.45) is 5.92 Å². The third-order valence-electron chi connectivity index (χ3n) is 3.83. The lowest BCUT2D eigenvalue weighted by Crippen LogP contribution is -2.04. The molecule has 0 N–H and O–H groups in total. The molecule has 2 heteroatoms. The van der Waals surface area contributed by atoms with Crippen molar-refractivity contribution in [3.05, 3.63) is 29.3 Å². The maximum absolute atomic E-state index is 5.89. The van der Waals surface area contributed by atoms with Crippen LogP contribution in [0.5, 0.6) is 0 Å². The highest BCUT2D eigenvalue weighted by molar-refractivity contribution is 7.99. The fourth-order valence-corrected chi connectivity index (χ4v) is 3.85. The maximum Gasteiger partial charge on any atom is 0.0406 e. The monoisotopic (exact) mass is 282 g/mol. The minimum atomic E-state index is 0.833. The molecule has 1 aliphatic rings. The molecule has 1 saturated carbocycles. The topological polar surface area (TPSA) is 0 Å². The summed E-state index contributed by atoms with van der Waals surface area (Å²) in [6.07, 6.45) is 11.6. The van der Waals surface area contributed by atoms with E-state index >= 15 is 0 Å². The number of rotatable bonds is 4. The van der Waals surface area contributed by atoms with Gasteiger partial charge in [-0.3, -0.25) is 0 Å². The van der Waals surface area contributed by atoms with E-state index in [4.69, 9.17) is 11.6 Å². The quantitative estimate of drug-likeness (QED) is 0.594. The SMILES string of the molecule is Clc1ccc(SCCC2CCCCCCC2)cc1. The molecule has 1 fully saturated rings. The molecule has 1 aliphatic carbocycles. The van der Waals surface area contributed by atoms with Crippen LogP contribution in [0.25, 0.3) is 0 Å². The van der Waals surface area contributed by atoms with Crippen LogP contribution in [0, 0.1) is 5.92 Å². The molecule has 1 aromatic carbocycles. The van der Waals surface area contributed by atoms with Gasteiger partial charge in [0.1, 0.15) is 0 Å². The second-order valence-electron chi connectivity index (χ2n) is 5.30. The second kappa shape index (κ2) is 8.12. The van der Waals surface area contributed by atoms with Crippen molar-refractivity contribution in [2.75, 3.05) is 5.75 Å². The number of hydrogen-bond donors (Lipinski definition) is 0. The highest BCUT2D eigenvalue weighted by Gasteiger charge is 2.11. The number of benzene rings is 1. The number of halogens is 1. The van der Waals surface area contributed by atoms with Gasteiger partial charge in [0.2, 0.25) is 0 Å². The van der Waals surface area contributed by atoms with E-state index in [0.717, 1.165) is 10.9 Å². The van der Waals surface area contributed by atoms with Crippen molar-refractivity contribution in [3.8, 4) is 0 Å². The van der Waals surface area contributed by atoms with Gasteiger partial charge in [0.15, 0.2) is 0 Å². The van der Waals surface area contributed by atoms with Gasteiger partial charge in [0.25, 0.3) is 0 Å². The fourth-order valence-electron chi connectivity index (χ4n) is 2.70. The van der Waals surface area contributed by atoms with Crippen LogP contribution < -0.4 is 0 Å². The largest absolute Gasteiger partial charge is 0.126 e. The zero-order chi connectivity index (χ0) is 12.6. The Morgan fingerprint density at radius 3 is 2.22 bits per heavy atom. The van der Waals surface area contributed by atoms with Crippen LogP contribution in [0.15, 0.2) is 29.2 Å². The van der Waals surface area contributed by atoms with Crippen molar-refractivity contribution >= 4 is 23.4 Å². The molecule has 0 spiro atoms. The van der Waals surface area contributed by atoms with Crippen molar-refractivity contribution < 1.29 is 0 Å². The van der Waals surface area contributed by atoms with E-state index in [1.165, 1.54) is 62.0 Å². The lowest BCUT2D eigenvalue weighted by Gasteiger charge is -2.19. The zero-order valence-corrected chi connectivity index (χ0v) is 12.6. The van der Waals surface area contributed by atoms with Gasteiger partial charge in [0, 0.05) is 9.92 Å². The van der Waals surface area contributed by atoms with E-state index in [9.17, 15) is 0 Å². The highest BCUT2D eigenvalue weighted by Crippen LogP contribution is 2.28. The lowest BCUT2D eigenvalue weighted by molar-refractivity contribution is 0.371. The summed E-state index contributed by atoms with van der Waals surface area (Å²) in [6.45, 7) is 0. The predicted octanol–water partition coefficient (Wildman–Crippen LogP) is 6.18. The minimum Gasteiger partial charge on any atom is -0.126 e. The standard InChI is InChI=1S/C16H23ClS/c17-15-8-10-16(11-9-15)18-13-12-14-6-4-2-1-3-5-7-14/h8-11,14H,1-7,12-13H2. The van der Waals surface area contributed by atoms with Gasteiger partial charge < -0.3 is 0 Å². The average molecular weight is 283 g/mol. The van der Waals surface area contributed by atoms with E-state index in [-0.39, 0.29) is 0 Å². The molecule has 0 aromatic heterocycles. The van der Waals surface area contributed by atoms with Crippen LogP contribution in [-0.2, 0) is 0 Å². The van der Waals surface area contributed by atoms with E-state index < -0.39 is 0 Å². The van der Waals surface area contributed by atoms with Crippen molar-refractivity contribution in [3.63, 3.8) is 0 Å². The predicted molar refractivity (Wildman–Crippen MR) is 82.6 cm³/mol. The Hall–Kier alpha value is -0.140. The average Bonchev–Trinajstić information content (AvgIpc) is 2.34. The molecular formula is C16H23ClS. The van der Waals surface area contributed by atoms with Crippen molar-refractivity contribution in [2.45, 2.75) is 56.3 Å². The molecule has 0 nitrogen and oxygen atoms in total. The first-order chi connectivity index (χ1) is 8.84. The Morgan fingerprint density at radius 2 is 1.56 bits per heavy atom. The first-order valence-electron chi connectivity index (χ1n) is 7.23. The molecule has 0 bridgehead atoms. The number of thioether (sulfide) groups is 1. The smallest absolute Gasteiger partial charge is 0.0406 e. The van der Waals surface area contributed by atoms with Gasteiger partial charge in [-0.2, -0.15) is 0 Å². The Kier molecular flexibility index (Phi) is 6.44. The zero-order valence-electron chi connectivity index (χ0n) is 11.0. The molecule has 100 valence electrons. The summed E-state index contributed by atoms with van der Waals surface area (Å²) >= 11 is 7.87. The molecule has 0 heterocycles. The van der Waals surface area contributed by atoms with Crippen LogP contribution in [0.4, 0.5) is 0 Å². The third-order valence-corrected chi connectivity index (χ3v) is 5.13.